The Hall–Kier alpha value is -3.23. The molecule has 1 amide bonds. The van der Waals surface area contributed by atoms with Crippen LogP contribution < -0.4 is 19.1 Å². The van der Waals surface area contributed by atoms with Gasteiger partial charge in [0.2, 0.25) is 0 Å². The van der Waals surface area contributed by atoms with E-state index >= 15 is 0 Å². The second-order valence-corrected chi connectivity index (χ2v) is 10.3. The summed E-state index contributed by atoms with van der Waals surface area (Å²) in [5.74, 6) is 0.558. The van der Waals surface area contributed by atoms with Gasteiger partial charge in [-0.25, -0.2) is 8.42 Å². The van der Waals surface area contributed by atoms with E-state index in [0.717, 1.165) is 11.1 Å². The normalized spacial score (nSPS) is 15.3. The maximum absolute atomic E-state index is 13.5. The van der Waals surface area contributed by atoms with Gasteiger partial charge < -0.3 is 14.8 Å². The molecule has 9 heteroatoms. The van der Waals surface area contributed by atoms with Crippen molar-refractivity contribution in [3.63, 3.8) is 0 Å². The number of rotatable bonds is 7. The van der Waals surface area contributed by atoms with Gasteiger partial charge in [-0.1, -0.05) is 35.4 Å². The summed E-state index contributed by atoms with van der Waals surface area (Å²) in [7, 11) is -3.90. The van der Waals surface area contributed by atoms with Crippen molar-refractivity contribution in [3.05, 3.63) is 82.9 Å². The lowest BCUT2D eigenvalue weighted by Gasteiger charge is -2.35. The molecule has 1 unspecified atom stereocenters. The highest BCUT2D eigenvalue weighted by molar-refractivity contribution is 7.92. The lowest BCUT2D eigenvalue weighted by atomic mass is 10.1. The molecule has 1 aliphatic heterocycles. The molecule has 0 bridgehead atoms. The second kappa shape index (κ2) is 9.95. The molecule has 7 nitrogen and oxygen atoms in total. The number of anilines is 1. The zero-order chi connectivity index (χ0) is 24.3. The highest BCUT2D eigenvalue weighted by Gasteiger charge is 2.37. The monoisotopic (exact) mass is 500 g/mol. The molecule has 1 aliphatic rings. The summed E-state index contributed by atoms with van der Waals surface area (Å²) < 4.78 is 39.7. The largest absolute Gasteiger partial charge is 0.492 e. The van der Waals surface area contributed by atoms with E-state index in [9.17, 15) is 13.2 Å². The fourth-order valence-electron chi connectivity index (χ4n) is 3.55. The summed E-state index contributed by atoms with van der Waals surface area (Å²) >= 11 is 5.86. The molecular formula is C25H25ClN2O5S. The lowest BCUT2D eigenvalue weighted by molar-refractivity contribution is -0.127. The molecule has 178 valence electrons. The standard InChI is InChI=1S/C25H25ClN2O5S/c1-17-3-10-21(11-4-17)34(30,31)28-16-24(33-23-15-18(2)5-12-22(23)28)25(29)27-13-14-32-20-8-6-19(26)7-9-20/h3-12,15,24H,13-14,16H2,1-2H3,(H,27,29). The molecule has 0 saturated carbocycles. The highest BCUT2D eigenvalue weighted by atomic mass is 35.5. The average molecular weight is 501 g/mol. The quantitative estimate of drug-likeness (QED) is 0.493. The molecule has 0 spiro atoms. The number of carbonyl (C=O) groups is 1. The van der Waals surface area contributed by atoms with E-state index in [1.807, 2.05) is 19.9 Å². The number of nitrogens with zero attached hydrogens (tertiary/aromatic N) is 1. The summed E-state index contributed by atoms with van der Waals surface area (Å²) in [6.45, 7) is 4.09. The zero-order valence-corrected chi connectivity index (χ0v) is 20.4. The van der Waals surface area contributed by atoms with Gasteiger partial charge in [0.05, 0.1) is 23.7 Å². The van der Waals surface area contributed by atoms with Crippen molar-refractivity contribution in [2.24, 2.45) is 0 Å². The van der Waals surface area contributed by atoms with Crippen LogP contribution in [-0.4, -0.2) is 40.1 Å². The number of benzene rings is 3. The van der Waals surface area contributed by atoms with Gasteiger partial charge in [0.15, 0.2) is 6.10 Å². The van der Waals surface area contributed by atoms with Crippen LogP contribution in [0.3, 0.4) is 0 Å². The first kappa shape index (κ1) is 23.9. The minimum absolute atomic E-state index is 0.143. The molecule has 3 aromatic carbocycles. The van der Waals surface area contributed by atoms with E-state index in [-0.39, 0.29) is 24.6 Å². The molecule has 0 aliphatic carbocycles. The van der Waals surface area contributed by atoms with Crippen molar-refractivity contribution in [2.75, 3.05) is 24.0 Å². The van der Waals surface area contributed by atoms with Crippen molar-refractivity contribution in [1.82, 2.24) is 5.32 Å². The van der Waals surface area contributed by atoms with E-state index in [1.165, 1.54) is 4.31 Å². The molecule has 1 atom stereocenters. The summed E-state index contributed by atoms with van der Waals surface area (Å²) in [6, 6.07) is 18.8. The maximum atomic E-state index is 13.5. The van der Waals surface area contributed by atoms with Gasteiger partial charge in [0.25, 0.3) is 15.9 Å². The lowest BCUT2D eigenvalue weighted by Crippen LogP contribution is -2.51. The number of amides is 1. The van der Waals surface area contributed by atoms with Gasteiger partial charge in [-0.15, -0.1) is 0 Å². The van der Waals surface area contributed by atoms with Crippen molar-refractivity contribution < 1.29 is 22.7 Å². The predicted molar refractivity (Wildman–Crippen MR) is 131 cm³/mol. The fraction of sp³-hybridized carbons (Fsp3) is 0.240. The Morgan fingerprint density at radius 1 is 1.06 bits per heavy atom. The van der Waals surface area contributed by atoms with Gasteiger partial charge in [0.1, 0.15) is 18.1 Å². The molecule has 0 saturated heterocycles. The van der Waals surface area contributed by atoms with E-state index in [2.05, 4.69) is 5.32 Å². The van der Waals surface area contributed by atoms with Crippen molar-refractivity contribution in [3.8, 4) is 11.5 Å². The third-order valence-corrected chi connectivity index (χ3v) is 7.42. The first-order chi connectivity index (χ1) is 16.2. The summed E-state index contributed by atoms with van der Waals surface area (Å²) in [5.41, 5.74) is 2.25. The van der Waals surface area contributed by atoms with Gasteiger partial charge in [-0.05, 0) is 67.9 Å². The molecule has 0 aromatic heterocycles. The molecule has 1 N–H and O–H groups in total. The van der Waals surface area contributed by atoms with Gasteiger partial charge in [-0.2, -0.15) is 0 Å². The minimum Gasteiger partial charge on any atom is -0.492 e. The van der Waals surface area contributed by atoms with Gasteiger partial charge in [-0.3, -0.25) is 9.10 Å². The fourth-order valence-corrected chi connectivity index (χ4v) is 5.15. The van der Waals surface area contributed by atoms with Crippen molar-refractivity contribution >= 4 is 33.2 Å². The van der Waals surface area contributed by atoms with Crippen LogP contribution in [0.4, 0.5) is 5.69 Å². The van der Waals surface area contributed by atoms with Crippen LogP contribution in [0.2, 0.25) is 5.02 Å². The third-order valence-electron chi connectivity index (χ3n) is 5.37. The Labute approximate surface area is 204 Å². The van der Waals surface area contributed by atoms with Gasteiger partial charge in [0, 0.05) is 5.02 Å². The first-order valence-electron chi connectivity index (χ1n) is 10.8. The number of carbonyl (C=O) groups excluding carboxylic acids is 1. The Morgan fingerprint density at radius 3 is 2.44 bits per heavy atom. The number of halogens is 1. The summed E-state index contributed by atoms with van der Waals surface area (Å²) in [4.78, 5) is 13.0. The van der Waals surface area contributed by atoms with Crippen molar-refractivity contribution in [1.29, 1.82) is 0 Å². The zero-order valence-electron chi connectivity index (χ0n) is 18.8. The Morgan fingerprint density at radius 2 is 1.74 bits per heavy atom. The number of hydrogen-bond donors (Lipinski definition) is 1. The number of hydrogen-bond acceptors (Lipinski definition) is 5. The molecule has 34 heavy (non-hydrogen) atoms. The van der Waals surface area contributed by atoms with Crippen LogP contribution in [0, 0.1) is 13.8 Å². The second-order valence-electron chi connectivity index (χ2n) is 8.02. The van der Waals surface area contributed by atoms with Crippen LogP contribution in [0.5, 0.6) is 11.5 Å². The van der Waals surface area contributed by atoms with Crippen LogP contribution in [0.25, 0.3) is 0 Å². The number of fused-ring (bicyclic) bond motifs is 1. The van der Waals surface area contributed by atoms with Crippen molar-refractivity contribution in [2.45, 2.75) is 24.8 Å². The molecular weight excluding hydrogens is 476 g/mol. The Balaban J connectivity index is 1.49. The van der Waals surface area contributed by atoms with Gasteiger partial charge >= 0.3 is 0 Å². The molecule has 1 heterocycles. The van der Waals surface area contributed by atoms with E-state index < -0.39 is 22.0 Å². The molecule has 0 fully saturated rings. The number of sulfonamides is 1. The number of ether oxygens (including phenoxy) is 2. The summed E-state index contributed by atoms with van der Waals surface area (Å²) in [5, 5.41) is 3.37. The third kappa shape index (κ3) is 5.29. The van der Waals surface area contributed by atoms with Crippen LogP contribution in [0.1, 0.15) is 11.1 Å². The van der Waals surface area contributed by atoms with E-state index in [1.54, 1.807) is 60.7 Å². The smallest absolute Gasteiger partial charge is 0.264 e. The Kier molecular flexibility index (Phi) is 7.00. The topological polar surface area (TPSA) is 84.9 Å². The highest BCUT2D eigenvalue weighted by Crippen LogP contribution is 2.37. The van der Waals surface area contributed by atoms with Crippen LogP contribution >= 0.6 is 11.6 Å². The van der Waals surface area contributed by atoms with Crippen LogP contribution in [-0.2, 0) is 14.8 Å². The van der Waals surface area contributed by atoms with E-state index in [0.29, 0.717) is 22.2 Å². The Bertz CT molecular complexity index is 1280. The number of aryl methyl sites for hydroxylation is 2. The average Bonchev–Trinajstić information content (AvgIpc) is 2.82. The van der Waals surface area contributed by atoms with E-state index in [4.69, 9.17) is 21.1 Å². The molecule has 4 rings (SSSR count). The maximum Gasteiger partial charge on any atom is 0.264 e. The first-order valence-corrected chi connectivity index (χ1v) is 12.6. The summed E-state index contributed by atoms with van der Waals surface area (Å²) in [6.07, 6.45) is -1.01. The molecule has 3 aromatic rings. The SMILES string of the molecule is Cc1ccc(S(=O)(=O)N2CC(C(=O)NCCOc3ccc(Cl)cc3)Oc3cc(C)ccc32)cc1. The predicted octanol–water partition coefficient (Wildman–Crippen LogP) is 4.11. The minimum atomic E-state index is -3.90. The molecule has 0 radical (unpaired) electrons. The number of nitrogens with one attached hydrogen (secondary N) is 1. The van der Waals surface area contributed by atoms with Crippen LogP contribution in [0.15, 0.2) is 71.6 Å².